The molecule has 0 heterocycles. The van der Waals surface area contributed by atoms with Crippen molar-refractivity contribution in [2.24, 2.45) is 0 Å². The van der Waals surface area contributed by atoms with Gasteiger partial charge in [0.2, 0.25) is 7.83 Å². The van der Waals surface area contributed by atoms with Gasteiger partial charge in [0, 0.05) is 7.11 Å². The second-order valence-corrected chi connectivity index (χ2v) is 19.8. The molecule has 1 unspecified atom stereocenters. The Bertz CT molecular complexity index is 292. The van der Waals surface area contributed by atoms with Crippen LogP contribution in [0.1, 0.15) is 0 Å². The van der Waals surface area contributed by atoms with Crippen molar-refractivity contribution in [2.75, 3.05) is 7.11 Å². The highest BCUT2D eigenvalue weighted by Crippen LogP contribution is 2.19. The van der Waals surface area contributed by atoms with E-state index in [-0.39, 0.29) is 0 Å². The predicted molar refractivity (Wildman–Crippen MR) is 68.0 cm³/mol. The van der Waals surface area contributed by atoms with Crippen molar-refractivity contribution in [1.29, 1.82) is 0 Å². The van der Waals surface area contributed by atoms with Crippen LogP contribution >= 0.6 is 0 Å². The number of hydrogen-bond donors (Lipinski definition) is 0. The van der Waals surface area contributed by atoms with Crippen molar-refractivity contribution in [3.05, 3.63) is 30.3 Å². The van der Waals surface area contributed by atoms with Gasteiger partial charge >= 0.3 is 0 Å². The largest absolute Gasteiger partial charge is 0.418 e. The molecule has 0 N–H and O–H groups in total. The minimum Gasteiger partial charge on any atom is -0.418 e. The molecule has 0 aromatic heterocycles. The summed E-state index contributed by atoms with van der Waals surface area (Å²) >= 11 is 0. The van der Waals surface area contributed by atoms with Crippen LogP contribution in [0, 0.1) is 0 Å². The summed E-state index contributed by atoms with van der Waals surface area (Å²) in [6, 6.07) is 10.7. The maximum Gasteiger partial charge on any atom is 0.206 e. The lowest BCUT2D eigenvalue weighted by molar-refractivity contribution is 0.424. The fourth-order valence-electron chi connectivity index (χ4n) is 1.61. The zero-order valence-corrected chi connectivity index (χ0v) is 11.8. The van der Waals surface area contributed by atoms with Gasteiger partial charge in [-0.3, -0.25) is 0 Å². The van der Waals surface area contributed by atoms with Gasteiger partial charge in [0.15, 0.2) is 0 Å². The van der Waals surface area contributed by atoms with Crippen LogP contribution in [0.3, 0.4) is 0 Å². The molecule has 0 aliphatic rings. The third-order valence-corrected chi connectivity index (χ3v) is 18.3. The molecule has 0 fully saturated rings. The van der Waals surface area contributed by atoms with E-state index in [1.807, 2.05) is 7.11 Å². The molecule has 14 heavy (non-hydrogen) atoms. The summed E-state index contributed by atoms with van der Waals surface area (Å²) in [5.41, 5.74) is 0. The Morgan fingerprint density at radius 3 is 1.79 bits per heavy atom. The second kappa shape index (κ2) is 4.00. The van der Waals surface area contributed by atoms with Crippen molar-refractivity contribution in [3.63, 3.8) is 0 Å². The van der Waals surface area contributed by atoms with E-state index in [9.17, 15) is 0 Å². The van der Waals surface area contributed by atoms with Crippen LogP contribution in [-0.2, 0) is 4.43 Å². The highest BCUT2D eigenvalue weighted by molar-refractivity contribution is 7.43. The first-order chi connectivity index (χ1) is 6.42. The van der Waals surface area contributed by atoms with Gasteiger partial charge in [-0.25, -0.2) is 0 Å². The quantitative estimate of drug-likeness (QED) is 0.717. The van der Waals surface area contributed by atoms with Crippen LogP contribution < -0.4 is 5.19 Å². The van der Waals surface area contributed by atoms with E-state index in [1.165, 1.54) is 5.19 Å². The van der Waals surface area contributed by atoms with Gasteiger partial charge in [-0.15, -0.1) is 0 Å². The standard InChI is InChI=1S/C11H20OSi2/c1-12-14(5,13(2,3)4)11-9-7-6-8-10-11/h6-10H,1-5H3. The van der Waals surface area contributed by atoms with Crippen LogP contribution in [0.4, 0.5) is 0 Å². The van der Waals surface area contributed by atoms with Gasteiger partial charge < -0.3 is 4.43 Å². The summed E-state index contributed by atoms with van der Waals surface area (Å²) in [5.74, 6) is 0. The lowest BCUT2D eigenvalue weighted by atomic mass is 10.4. The SMILES string of the molecule is CO[Si](C)(c1ccccc1)[Si](C)(C)C. The van der Waals surface area contributed by atoms with E-state index in [0.717, 1.165) is 0 Å². The topological polar surface area (TPSA) is 9.23 Å². The van der Waals surface area contributed by atoms with Crippen LogP contribution in [0.5, 0.6) is 0 Å². The van der Waals surface area contributed by atoms with E-state index >= 15 is 0 Å². The molecule has 1 atom stereocenters. The van der Waals surface area contributed by atoms with Crippen molar-refractivity contribution >= 4 is 20.6 Å². The Morgan fingerprint density at radius 1 is 0.929 bits per heavy atom. The van der Waals surface area contributed by atoms with Gasteiger partial charge in [0.25, 0.3) is 0 Å². The molecule has 0 bridgehead atoms. The number of benzene rings is 1. The normalized spacial score (nSPS) is 16.4. The summed E-state index contributed by atoms with van der Waals surface area (Å²) in [5, 5.41) is 1.43. The first-order valence-corrected chi connectivity index (χ1v) is 11.9. The Balaban J connectivity index is 3.15. The Labute approximate surface area is 89.0 Å². The van der Waals surface area contributed by atoms with Gasteiger partial charge in [0.1, 0.15) is 0 Å². The fraction of sp³-hybridized carbons (Fsp3) is 0.455. The smallest absolute Gasteiger partial charge is 0.206 e. The molecule has 0 radical (unpaired) electrons. The molecule has 1 rings (SSSR count). The van der Waals surface area contributed by atoms with Gasteiger partial charge in [0.05, 0.1) is 7.59 Å². The lowest BCUT2D eigenvalue weighted by Crippen LogP contribution is -2.65. The zero-order chi connectivity index (χ0) is 10.8. The van der Waals surface area contributed by atoms with Gasteiger partial charge in [-0.2, -0.15) is 0 Å². The molecule has 0 aliphatic heterocycles. The van der Waals surface area contributed by atoms with Crippen molar-refractivity contribution in [2.45, 2.75) is 26.2 Å². The molecule has 0 amide bonds. The van der Waals surface area contributed by atoms with E-state index in [0.29, 0.717) is 0 Å². The third-order valence-electron chi connectivity index (χ3n) is 3.16. The molecule has 1 aromatic rings. The van der Waals surface area contributed by atoms with Gasteiger partial charge in [-0.1, -0.05) is 50.0 Å². The van der Waals surface area contributed by atoms with Crippen molar-refractivity contribution in [3.8, 4) is 0 Å². The Hall–Kier alpha value is -0.386. The maximum atomic E-state index is 5.89. The average molecular weight is 224 g/mol. The molecular formula is C11H20OSi2. The Kier molecular flexibility index (Phi) is 3.34. The van der Waals surface area contributed by atoms with Crippen molar-refractivity contribution in [1.82, 2.24) is 0 Å². The van der Waals surface area contributed by atoms with E-state index in [4.69, 9.17) is 4.43 Å². The fourth-order valence-corrected chi connectivity index (χ4v) is 9.09. The monoisotopic (exact) mass is 224 g/mol. The van der Waals surface area contributed by atoms with E-state index < -0.39 is 15.4 Å². The molecule has 0 saturated carbocycles. The molecule has 0 saturated heterocycles. The maximum absolute atomic E-state index is 5.89. The predicted octanol–water partition coefficient (Wildman–Crippen LogP) is 2.53. The first-order valence-electron chi connectivity index (χ1n) is 5.02. The summed E-state index contributed by atoms with van der Waals surface area (Å²) in [6.07, 6.45) is 0. The van der Waals surface area contributed by atoms with Crippen LogP contribution in [0.2, 0.25) is 26.2 Å². The van der Waals surface area contributed by atoms with Crippen LogP contribution in [0.15, 0.2) is 30.3 Å². The minimum absolute atomic E-state index is 1.24. The molecular weight excluding hydrogens is 204 g/mol. The van der Waals surface area contributed by atoms with E-state index in [2.05, 4.69) is 56.5 Å². The van der Waals surface area contributed by atoms with Crippen LogP contribution in [0.25, 0.3) is 0 Å². The molecule has 1 nitrogen and oxygen atoms in total. The van der Waals surface area contributed by atoms with Crippen LogP contribution in [-0.4, -0.2) is 22.5 Å². The zero-order valence-electron chi connectivity index (χ0n) is 9.79. The second-order valence-electron chi connectivity index (χ2n) is 4.85. The molecule has 0 aliphatic carbocycles. The number of rotatable bonds is 3. The molecule has 3 heteroatoms. The first kappa shape index (κ1) is 11.7. The van der Waals surface area contributed by atoms with Crippen molar-refractivity contribution < 1.29 is 4.43 Å². The summed E-state index contributed by atoms with van der Waals surface area (Å²) in [4.78, 5) is 0. The molecule has 78 valence electrons. The van der Waals surface area contributed by atoms with E-state index in [1.54, 1.807) is 0 Å². The third kappa shape index (κ3) is 1.99. The summed E-state index contributed by atoms with van der Waals surface area (Å²) in [7, 11) is -1.02. The lowest BCUT2D eigenvalue weighted by Gasteiger charge is -2.37. The minimum atomic E-state index is -1.66. The highest BCUT2D eigenvalue weighted by atomic mass is 29.3. The highest BCUT2D eigenvalue weighted by Gasteiger charge is 2.44. The van der Waals surface area contributed by atoms with Gasteiger partial charge in [-0.05, 0) is 11.7 Å². The molecule has 1 aromatic carbocycles. The summed E-state index contributed by atoms with van der Waals surface area (Å²) in [6.45, 7) is 9.54. The molecule has 0 spiro atoms. The summed E-state index contributed by atoms with van der Waals surface area (Å²) < 4.78 is 5.89. The Morgan fingerprint density at radius 2 is 1.43 bits per heavy atom. The average Bonchev–Trinajstić information content (AvgIpc) is 2.16. The number of hydrogen-bond acceptors (Lipinski definition) is 1.